The van der Waals surface area contributed by atoms with Gasteiger partial charge in [0, 0.05) is 31.8 Å². The first-order valence-corrected chi connectivity index (χ1v) is 8.23. The molecule has 0 atom stereocenters. The third-order valence-electron chi connectivity index (χ3n) is 4.12. The maximum absolute atomic E-state index is 12.0. The van der Waals surface area contributed by atoms with Gasteiger partial charge in [-0.1, -0.05) is 0 Å². The van der Waals surface area contributed by atoms with E-state index in [1.807, 2.05) is 32.6 Å². The van der Waals surface area contributed by atoms with E-state index >= 15 is 0 Å². The highest BCUT2D eigenvalue weighted by Crippen LogP contribution is 2.25. The van der Waals surface area contributed by atoms with E-state index in [1.54, 1.807) is 0 Å². The third kappa shape index (κ3) is 5.15. The molecule has 0 bridgehead atoms. The van der Waals surface area contributed by atoms with Crippen molar-refractivity contribution in [2.24, 2.45) is 0 Å². The van der Waals surface area contributed by atoms with E-state index in [2.05, 4.69) is 5.32 Å². The predicted octanol–water partition coefficient (Wildman–Crippen LogP) is 2.54. The Morgan fingerprint density at radius 2 is 1.81 bits per heavy atom. The molecular weight excluding hydrogens is 268 g/mol. The molecule has 5 nitrogen and oxygen atoms in total. The zero-order valence-electron chi connectivity index (χ0n) is 13.9. The molecule has 0 spiro atoms. The highest BCUT2D eigenvalue weighted by Gasteiger charge is 2.33. The van der Waals surface area contributed by atoms with Crippen LogP contribution < -0.4 is 5.32 Å². The van der Waals surface area contributed by atoms with Gasteiger partial charge in [0.15, 0.2) is 0 Å². The zero-order valence-corrected chi connectivity index (χ0v) is 13.9. The van der Waals surface area contributed by atoms with Crippen molar-refractivity contribution in [3.8, 4) is 0 Å². The van der Waals surface area contributed by atoms with E-state index in [0.29, 0.717) is 18.2 Å². The maximum atomic E-state index is 12.0. The number of nitrogens with one attached hydrogen (secondary N) is 1. The van der Waals surface area contributed by atoms with Crippen LogP contribution in [0.1, 0.15) is 53.4 Å². The highest BCUT2D eigenvalue weighted by atomic mass is 16.6. The summed E-state index contributed by atoms with van der Waals surface area (Å²) >= 11 is 0. The lowest BCUT2D eigenvalue weighted by atomic mass is 9.87. The van der Waals surface area contributed by atoms with Crippen LogP contribution in [0.2, 0.25) is 0 Å². The van der Waals surface area contributed by atoms with Gasteiger partial charge >= 0.3 is 6.09 Å². The summed E-state index contributed by atoms with van der Waals surface area (Å²) in [6, 6.07) is 1.12. The van der Waals surface area contributed by atoms with Gasteiger partial charge in [-0.3, -0.25) is 0 Å². The van der Waals surface area contributed by atoms with Gasteiger partial charge in [-0.2, -0.15) is 0 Å². The molecule has 1 N–H and O–H groups in total. The summed E-state index contributed by atoms with van der Waals surface area (Å²) in [5.41, 5.74) is -0.410. The standard InChI is InChI=1S/C16H30N2O3/c1-5-20-14-10-13(11-14)17-12-6-8-18(9-7-12)15(19)21-16(2,3)4/h12-14,17H,5-11H2,1-4H3. The molecule has 1 aliphatic carbocycles. The molecule has 2 rings (SSSR count). The van der Waals surface area contributed by atoms with Crippen LogP contribution in [-0.2, 0) is 9.47 Å². The summed E-state index contributed by atoms with van der Waals surface area (Å²) < 4.78 is 11.0. The van der Waals surface area contributed by atoms with Crippen molar-refractivity contribution < 1.29 is 14.3 Å². The Kier molecular flexibility index (Phi) is 5.49. The average Bonchev–Trinajstić information content (AvgIpc) is 2.35. The first-order valence-electron chi connectivity index (χ1n) is 8.23. The first kappa shape index (κ1) is 16.6. The quantitative estimate of drug-likeness (QED) is 0.866. The minimum atomic E-state index is -0.410. The zero-order chi connectivity index (χ0) is 15.5. The number of piperidine rings is 1. The smallest absolute Gasteiger partial charge is 0.410 e. The van der Waals surface area contributed by atoms with Crippen molar-refractivity contribution in [1.29, 1.82) is 0 Å². The van der Waals surface area contributed by atoms with E-state index in [9.17, 15) is 4.79 Å². The van der Waals surface area contributed by atoms with Gasteiger partial charge in [0.05, 0.1) is 6.10 Å². The van der Waals surface area contributed by atoms with Crippen molar-refractivity contribution in [2.75, 3.05) is 19.7 Å². The number of hydrogen-bond donors (Lipinski definition) is 1. The fourth-order valence-electron chi connectivity index (χ4n) is 2.96. The minimum Gasteiger partial charge on any atom is -0.444 e. The molecule has 1 amide bonds. The van der Waals surface area contributed by atoms with Crippen LogP contribution in [0.5, 0.6) is 0 Å². The van der Waals surface area contributed by atoms with Crippen molar-refractivity contribution in [3.63, 3.8) is 0 Å². The normalized spacial score (nSPS) is 27.3. The Balaban J connectivity index is 1.64. The van der Waals surface area contributed by atoms with Crippen LogP contribution in [0, 0.1) is 0 Å². The van der Waals surface area contributed by atoms with Crippen LogP contribution in [0.4, 0.5) is 4.79 Å². The van der Waals surface area contributed by atoms with Crippen LogP contribution in [-0.4, -0.2) is 54.5 Å². The molecule has 2 aliphatic rings. The Morgan fingerprint density at radius 3 is 2.33 bits per heavy atom. The average molecular weight is 298 g/mol. The molecule has 5 heteroatoms. The second-order valence-electron chi connectivity index (χ2n) is 7.15. The summed E-state index contributed by atoms with van der Waals surface area (Å²) in [6.07, 6.45) is 4.54. The summed E-state index contributed by atoms with van der Waals surface area (Å²) in [4.78, 5) is 13.8. The van der Waals surface area contributed by atoms with Gasteiger partial charge in [-0.05, 0) is 53.4 Å². The van der Waals surface area contributed by atoms with Gasteiger partial charge in [0.25, 0.3) is 0 Å². The molecule has 122 valence electrons. The molecule has 1 heterocycles. The molecule has 0 aromatic rings. The molecule has 1 aliphatic heterocycles. The molecule has 0 aromatic heterocycles. The van der Waals surface area contributed by atoms with Gasteiger partial charge in [-0.15, -0.1) is 0 Å². The number of carbonyl (C=O) groups is 1. The summed E-state index contributed by atoms with van der Waals surface area (Å²) in [6.45, 7) is 10.2. The highest BCUT2D eigenvalue weighted by molar-refractivity contribution is 5.68. The van der Waals surface area contributed by atoms with Crippen LogP contribution >= 0.6 is 0 Å². The number of ether oxygens (including phenoxy) is 2. The number of amides is 1. The van der Waals surface area contributed by atoms with Gasteiger partial charge in [0.1, 0.15) is 5.60 Å². The second-order valence-corrected chi connectivity index (χ2v) is 7.15. The molecule has 2 fully saturated rings. The number of likely N-dealkylation sites (tertiary alicyclic amines) is 1. The largest absolute Gasteiger partial charge is 0.444 e. The fourth-order valence-corrected chi connectivity index (χ4v) is 2.96. The molecule has 21 heavy (non-hydrogen) atoms. The summed E-state index contributed by atoms with van der Waals surface area (Å²) in [5.74, 6) is 0. The van der Waals surface area contributed by atoms with E-state index in [0.717, 1.165) is 45.4 Å². The number of carbonyl (C=O) groups excluding carboxylic acids is 1. The van der Waals surface area contributed by atoms with Crippen molar-refractivity contribution in [1.82, 2.24) is 10.2 Å². The van der Waals surface area contributed by atoms with E-state index in [4.69, 9.17) is 9.47 Å². The monoisotopic (exact) mass is 298 g/mol. The lowest BCUT2D eigenvalue weighted by molar-refractivity contribution is -0.0151. The van der Waals surface area contributed by atoms with E-state index < -0.39 is 5.60 Å². The van der Waals surface area contributed by atoms with Crippen LogP contribution in [0.15, 0.2) is 0 Å². The predicted molar refractivity (Wildman–Crippen MR) is 82.4 cm³/mol. The lowest BCUT2D eigenvalue weighted by Gasteiger charge is -2.40. The number of rotatable bonds is 4. The molecule has 0 aromatic carbocycles. The van der Waals surface area contributed by atoms with Crippen molar-refractivity contribution in [3.05, 3.63) is 0 Å². The Morgan fingerprint density at radius 1 is 1.19 bits per heavy atom. The van der Waals surface area contributed by atoms with Gasteiger partial charge in [-0.25, -0.2) is 4.79 Å². The van der Waals surface area contributed by atoms with Gasteiger partial charge < -0.3 is 19.7 Å². The molecule has 1 saturated heterocycles. The molecule has 1 saturated carbocycles. The first-order chi connectivity index (χ1) is 9.87. The second kappa shape index (κ2) is 6.97. The van der Waals surface area contributed by atoms with Crippen LogP contribution in [0.25, 0.3) is 0 Å². The molecule has 0 radical (unpaired) electrons. The summed E-state index contributed by atoms with van der Waals surface area (Å²) in [7, 11) is 0. The number of hydrogen-bond acceptors (Lipinski definition) is 4. The maximum Gasteiger partial charge on any atom is 0.410 e. The van der Waals surface area contributed by atoms with Crippen molar-refractivity contribution >= 4 is 6.09 Å². The minimum absolute atomic E-state index is 0.180. The Labute approximate surface area is 128 Å². The summed E-state index contributed by atoms with van der Waals surface area (Å²) in [5, 5.41) is 3.69. The molecular formula is C16H30N2O3. The lowest BCUT2D eigenvalue weighted by Crippen LogP contribution is -2.53. The van der Waals surface area contributed by atoms with Gasteiger partial charge in [0.2, 0.25) is 0 Å². The van der Waals surface area contributed by atoms with E-state index in [-0.39, 0.29) is 6.09 Å². The Bertz CT molecular complexity index is 340. The van der Waals surface area contributed by atoms with E-state index in [1.165, 1.54) is 0 Å². The number of nitrogens with zero attached hydrogens (tertiary/aromatic N) is 1. The topological polar surface area (TPSA) is 50.8 Å². The molecule has 0 unspecified atom stereocenters. The van der Waals surface area contributed by atoms with Crippen LogP contribution in [0.3, 0.4) is 0 Å². The SMILES string of the molecule is CCOC1CC(NC2CCN(C(=O)OC(C)(C)C)CC2)C1. The Hall–Kier alpha value is -0.810. The fraction of sp³-hybridized carbons (Fsp3) is 0.938. The third-order valence-corrected chi connectivity index (χ3v) is 4.12. The van der Waals surface area contributed by atoms with Crippen molar-refractivity contribution in [2.45, 2.75) is 77.2 Å².